The molecule has 0 saturated heterocycles. The third-order valence-electron chi connectivity index (χ3n) is 3.21. The summed E-state index contributed by atoms with van der Waals surface area (Å²) in [6, 6.07) is 9.18. The number of sulfonamides is 1. The lowest BCUT2D eigenvalue weighted by molar-refractivity contribution is 0.101. The van der Waals surface area contributed by atoms with Crippen molar-refractivity contribution in [3.05, 3.63) is 60.6 Å². The number of aromatic nitrogens is 2. The van der Waals surface area contributed by atoms with Gasteiger partial charge in [0, 0.05) is 24.2 Å². The molecule has 0 fully saturated rings. The normalized spacial score (nSPS) is 11.5. The number of pyridine rings is 1. The van der Waals surface area contributed by atoms with E-state index in [0.717, 1.165) is 5.65 Å². The van der Waals surface area contributed by atoms with Gasteiger partial charge in [-0.2, -0.15) is 0 Å². The van der Waals surface area contributed by atoms with Crippen LogP contribution in [0.1, 0.15) is 17.3 Å². The first kappa shape index (κ1) is 14.3. The van der Waals surface area contributed by atoms with Crippen LogP contribution in [0.5, 0.6) is 0 Å². The van der Waals surface area contributed by atoms with Gasteiger partial charge in [0.1, 0.15) is 5.65 Å². The molecule has 0 unspecified atom stereocenters. The van der Waals surface area contributed by atoms with Crippen LogP contribution in [0.25, 0.3) is 5.65 Å². The molecule has 0 amide bonds. The highest BCUT2D eigenvalue weighted by atomic mass is 32.2. The molecular formula is C15H13N3O3S. The van der Waals surface area contributed by atoms with E-state index in [2.05, 4.69) is 9.71 Å². The monoisotopic (exact) mass is 315 g/mol. The maximum Gasteiger partial charge on any atom is 0.261 e. The minimum absolute atomic E-state index is 0.100. The van der Waals surface area contributed by atoms with Gasteiger partial charge >= 0.3 is 0 Å². The van der Waals surface area contributed by atoms with Gasteiger partial charge in [0.2, 0.25) is 0 Å². The van der Waals surface area contributed by atoms with Crippen molar-refractivity contribution in [3.8, 4) is 0 Å². The maximum atomic E-state index is 12.3. The molecule has 0 atom stereocenters. The van der Waals surface area contributed by atoms with Gasteiger partial charge < -0.3 is 4.40 Å². The molecule has 0 spiro atoms. The molecule has 0 aliphatic rings. The van der Waals surface area contributed by atoms with Crippen molar-refractivity contribution in [2.24, 2.45) is 0 Å². The van der Waals surface area contributed by atoms with E-state index in [1.165, 1.54) is 31.2 Å². The Labute approximate surface area is 127 Å². The van der Waals surface area contributed by atoms with Crippen LogP contribution in [-0.2, 0) is 10.0 Å². The van der Waals surface area contributed by atoms with E-state index in [1.54, 1.807) is 35.1 Å². The number of Topliss-reactive ketones (excluding diaryl/α,β-unsaturated/α-hetero) is 1. The van der Waals surface area contributed by atoms with Gasteiger partial charge in [-0.3, -0.25) is 9.52 Å². The summed E-state index contributed by atoms with van der Waals surface area (Å²) in [7, 11) is -3.70. The lowest BCUT2D eigenvalue weighted by atomic mass is 10.2. The second kappa shape index (κ2) is 5.27. The molecule has 1 aromatic carbocycles. The Balaban J connectivity index is 1.90. The first-order valence-corrected chi connectivity index (χ1v) is 8.00. The Kier molecular flexibility index (Phi) is 3.42. The zero-order valence-corrected chi connectivity index (χ0v) is 12.5. The molecule has 2 heterocycles. The summed E-state index contributed by atoms with van der Waals surface area (Å²) < 4.78 is 28.9. The van der Waals surface area contributed by atoms with E-state index in [0.29, 0.717) is 11.3 Å². The van der Waals surface area contributed by atoms with Crippen LogP contribution in [0, 0.1) is 0 Å². The molecule has 3 rings (SSSR count). The highest BCUT2D eigenvalue weighted by molar-refractivity contribution is 7.92. The molecule has 1 N–H and O–H groups in total. The Morgan fingerprint density at radius 1 is 1.14 bits per heavy atom. The average Bonchev–Trinajstić information content (AvgIpc) is 2.94. The first-order chi connectivity index (χ1) is 10.5. The standard InChI is InChI=1S/C15H13N3O3S/c1-11(19)12-2-5-14(6-3-12)22(20,21)17-13-4-7-15-16-8-9-18(15)10-13/h2-10,17H,1H3. The molecule has 0 aliphatic heterocycles. The van der Waals surface area contributed by atoms with E-state index < -0.39 is 10.0 Å². The molecule has 6 nitrogen and oxygen atoms in total. The average molecular weight is 315 g/mol. The molecule has 3 aromatic rings. The van der Waals surface area contributed by atoms with E-state index in [9.17, 15) is 13.2 Å². The molecule has 7 heteroatoms. The molecule has 0 aliphatic carbocycles. The smallest absolute Gasteiger partial charge is 0.261 e. The molecule has 2 aromatic heterocycles. The second-order valence-corrected chi connectivity index (χ2v) is 6.48. The van der Waals surface area contributed by atoms with Crippen LogP contribution < -0.4 is 4.72 Å². The minimum atomic E-state index is -3.70. The van der Waals surface area contributed by atoms with Crippen LogP contribution in [0.2, 0.25) is 0 Å². The number of anilines is 1. The van der Waals surface area contributed by atoms with Crippen LogP contribution >= 0.6 is 0 Å². The van der Waals surface area contributed by atoms with Gasteiger partial charge in [-0.25, -0.2) is 13.4 Å². The van der Waals surface area contributed by atoms with Crippen LogP contribution in [-0.4, -0.2) is 23.6 Å². The SMILES string of the molecule is CC(=O)c1ccc(S(=O)(=O)Nc2ccc3nccn3c2)cc1. The summed E-state index contributed by atoms with van der Waals surface area (Å²) >= 11 is 0. The first-order valence-electron chi connectivity index (χ1n) is 6.52. The van der Waals surface area contributed by atoms with E-state index in [4.69, 9.17) is 0 Å². The lowest BCUT2D eigenvalue weighted by Gasteiger charge is -2.09. The second-order valence-electron chi connectivity index (χ2n) is 4.80. The van der Waals surface area contributed by atoms with Gasteiger partial charge in [0.25, 0.3) is 10.0 Å². The molecular weight excluding hydrogens is 302 g/mol. The molecule has 22 heavy (non-hydrogen) atoms. The van der Waals surface area contributed by atoms with Crippen molar-refractivity contribution >= 4 is 27.1 Å². The number of benzene rings is 1. The van der Waals surface area contributed by atoms with Crippen molar-refractivity contribution in [1.82, 2.24) is 9.38 Å². The molecule has 0 radical (unpaired) electrons. The van der Waals surface area contributed by atoms with Crippen LogP contribution in [0.15, 0.2) is 59.9 Å². The summed E-state index contributed by atoms with van der Waals surface area (Å²) in [4.78, 5) is 15.4. The number of ketones is 1. The third kappa shape index (κ3) is 2.71. The number of hydrogen-bond acceptors (Lipinski definition) is 4. The predicted octanol–water partition coefficient (Wildman–Crippen LogP) is 2.34. The fourth-order valence-corrected chi connectivity index (χ4v) is 3.11. The molecule has 0 saturated carbocycles. The van der Waals surface area contributed by atoms with Gasteiger partial charge in [-0.05, 0) is 31.2 Å². The number of fused-ring (bicyclic) bond motifs is 1. The summed E-state index contributed by atoms with van der Waals surface area (Å²) in [5, 5.41) is 0. The largest absolute Gasteiger partial charge is 0.305 e. The predicted molar refractivity (Wildman–Crippen MR) is 82.4 cm³/mol. The lowest BCUT2D eigenvalue weighted by Crippen LogP contribution is -2.13. The number of nitrogens with one attached hydrogen (secondary N) is 1. The van der Waals surface area contributed by atoms with Crippen molar-refractivity contribution in [2.75, 3.05) is 4.72 Å². The van der Waals surface area contributed by atoms with Gasteiger partial charge in [-0.15, -0.1) is 0 Å². The third-order valence-corrected chi connectivity index (χ3v) is 4.61. The molecule has 112 valence electrons. The number of carbonyl (C=O) groups excluding carboxylic acids is 1. The van der Waals surface area contributed by atoms with E-state index >= 15 is 0 Å². The highest BCUT2D eigenvalue weighted by Gasteiger charge is 2.14. The fourth-order valence-electron chi connectivity index (χ4n) is 2.06. The summed E-state index contributed by atoms with van der Waals surface area (Å²) in [6.45, 7) is 1.43. The van der Waals surface area contributed by atoms with Gasteiger partial charge in [0.15, 0.2) is 5.78 Å². The van der Waals surface area contributed by atoms with Crippen molar-refractivity contribution in [1.29, 1.82) is 0 Å². The maximum absolute atomic E-state index is 12.3. The Morgan fingerprint density at radius 2 is 1.86 bits per heavy atom. The van der Waals surface area contributed by atoms with E-state index in [-0.39, 0.29) is 10.7 Å². The molecule has 0 bridgehead atoms. The zero-order chi connectivity index (χ0) is 15.7. The number of hydrogen-bond donors (Lipinski definition) is 1. The zero-order valence-electron chi connectivity index (χ0n) is 11.7. The summed E-state index contributed by atoms with van der Waals surface area (Å²) in [6.07, 6.45) is 5.01. The quantitative estimate of drug-likeness (QED) is 0.749. The number of rotatable bonds is 4. The van der Waals surface area contributed by atoms with Crippen LogP contribution in [0.4, 0.5) is 5.69 Å². The Hall–Kier alpha value is -2.67. The number of imidazole rings is 1. The van der Waals surface area contributed by atoms with Crippen molar-refractivity contribution in [2.45, 2.75) is 11.8 Å². The van der Waals surface area contributed by atoms with E-state index in [1.807, 2.05) is 0 Å². The summed E-state index contributed by atoms with van der Waals surface area (Å²) in [5.74, 6) is -0.109. The Bertz CT molecular complexity index is 944. The number of carbonyl (C=O) groups is 1. The fraction of sp³-hybridized carbons (Fsp3) is 0.0667. The topological polar surface area (TPSA) is 80.5 Å². The summed E-state index contributed by atoms with van der Waals surface area (Å²) in [5.41, 5.74) is 1.63. The van der Waals surface area contributed by atoms with Crippen molar-refractivity contribution in [3.63, 3.8) is 0 Å². The number of nitrogens with zero attached hydrogens (tertiary/aromatic N) is 2. The Morgan fingerprint density at radius 3 is 2.55 bits per heavy atom. The van der Waals surface area contributed by atoms with Gasteiger partial charge in [0.05, 0.1) is 10.6 Å². The van der Waals surface area contributed by atoms with Crippen LogP contribution in [0.3, 0.4) is 0 Å². The highest BCUT2D eigenvalue weighted by Crippen LogP contribution is 2.17. The van der Waals surface area contributed by atoms with Gasteiger partial charge in [-0.1, -0.05) is 12.1 Å². The van der Waals surface area contributed by atoms with Crippen molar-refractivity contribution < 1.29 is 13.2 Å². The minimum Gasteiger partial charge on any atom is -0.305 e.